The Morgan fingerprint density at radius 1 is 1.14 bits per heavy atom. The van der Waals surface area contributed by atoms with Gasteiger partial charge in [0.2, 0.25) is 5.91 Å². The number of aryl methyl sites for hydroxylation is 2. The Bertz CT molecular complexity index is 871. The van der Waals surface area contributed by atoms with Crippen LogP contribution in [0.4, 0.5) is 0 Å². The fourth-order valence-electron chi connectivity index (χ4n) is 2.71. The fourth-order valence-corrected chi connectivity index (χ4v) is 3.18. The van der Waals surface area contributed by atoms with Gasteiger partial charge >= 0.3 is 0 Å². The van der Waals surface area contributed by atoms with Gasteiger partial charge in [-0.2, -0.15) is 0 Å². The van der Waals surface area contributed by atoms with Crippen LogP contribution in [0, 0.1) is 13.8 Å². The Kier molecular flexibility index (Phi) is 7.72. The number of ether oxygens (including phenoxy) is 1. The van der Waals surface area contributed by atoms with Crippen LogP contribution in [0.15, 0.2) is 36.4 Å². The van der Waals surface area contributed by atoms with Gasteiger partial charge in [-0.3, -0.25) is 9.59 Å². The SMILES string of the molecule is CNC(=O)[C@H](C)N(Cc1ccc(Cl)cc1Cl)C(=O)COc1cc(C)ccc1C. The first-order chi connectivity index (χ1) is 13.2. The molecule has 0 radical (unpaired) electrons. The number of rotatable bonds is 7. The molecule has 0 bridgehead atoms. The summed E-state index contributed by atoms with van der Waals surface area (Å²) < 4.78 is 5.73. The van der Waals surface area contributed by atoms with E-state index in [1.54, 1.807) is 25.1 Å². The van der Waals surface area contributed by atoms with Gasteiger partial charge in [0.15, 0.2) is 6.61 Å². The Balaban J connectivity index is 2.21. The maximum Gasteiger partial charge on any atom is 0.261 e. The highest BCUT2D eigenvalue weighted by Gasteiger charge is 2.26. The van der Waals surface area contributed by atoms with Crippen LogP contribution in [-0.4, -0.2) is 36.4 Å². The van der Waals surface area contributed by atoms with Gasteiger partial charge in [0.05, 0.1) is 0 Å². The van der Waals surface area contributed by atoms with Crippen LogP contribution in [0.3, 0.4) is 0 Å². The average Bonchev–Trinajstić information content (AvgIpc) is 2.66. The van der Waals surface area contributed by atoms with E-state index in [2.05, 4.69) is 5.32 Å². The third-order valence-corrected chi connectivity index (χ3v) is 5.05. The van der Waals surface area contributed by atoms with Crippen molar-refractivity contribution >= 4 is 35.0 Å². The lowest BCUT2D eigenvalue weighted by atomic mass is 10.1. The van der Waals surface area contributed by atoms with E-state index >= 15 is 0 Å². The van der Waals surface area contributed by atoms with Gasteiger partial charge in [0, 0.05) is 23.6 Å². The van der Waals surface area contributed by atoms with Crippen LogP contribution >= 0.6 is 23.2 Å². The molecular formula is C21H24Cl2N2O3. The minimum absolute atomic E-state index is 0.166. The molecule has 0 unspecified atom stereocenters. The van der Waals surface area contributed by atoms with Gasteiger partial charge in [-0.1, -0.05) is 41.4 Å². The van der Waals surface area contributed by atoms with Crippen LogP contribution < -0.4 is 10.1 Å². The largest absolute Gasteiger partial charge is 0.483 e. The highest BCUT2D eigenvalue weighted by Crippen LogP contribution is 2.24. The van der Waals surface area contributed by atoms with Crippen molar-refractivity contribution in [3.8, 4) is 5.75 Å². The zero-order chi connectivity index (χ0) is 20.8. The predicted octanol–water partition coefficient (Wildman–Crippen LogP) is 4.15. The molecule has 0 spiro atoms. The van der Waals surface area contributed by atoms with Crippen LogP contribution in [0.1, 0.15) is 23.6 Å². The molecule has 5 nitrogen and oxygen atoms in total. The van der Waals surface area contributed by atoms with Crippen molar-refractivity contribution in [2.24, 2.45) is 0 Å². The van der Waals surface area contributed by atoms with E-state index in [0.717, 1.165) is 11.1 Å². The quantitative estimate of drug-likeness (QED) is 0.728. The van der Waals surface area contributed by atoms with E-state index in [1.807, 2.05) is 32.0 Å². The molecule has 2 rings (SSSR count). The number of carbonyl (C=O) groups excluding carboxylic acids is 2. The van der Waals surface area contributed by atoms with Crippen molar-refractivity contribution in [2.75, 3.05) is 13.7 Å². The van der Waals surface area contributed by atoms with E-state index in [-0.39, 0.29) is 25.0 Å². The van der Waals surface area contributed by atoms with Crippen molar-refractivity contribution in [3.05, 3.63) is 63.1 Å². The number of carbonyl (C=O) groups is 2. The third-order valence-electron chi connectivity index (χ3n) is 4.46. The molecule has 2 aromatic carbocycles. The van der Waals surface area contributed by atoms with E-state index in [0.29, 0.717) is 21.4 Å². The van der Waals surface area contributed by atoms with Crippen LogP contribution in [0.2, 0.25) is 10.0 Å². The first-order valence-corrected chi connectivity index (χ1v) is 9.63. The number of likely N-dealkylation sites (N-methyl/N-ethyl adjacent to an activating group) is 1. The molecule has 0 heterocycles. The van der Waals surface area contributed by atoms with Crippen molar-refractivity contribution in [2.45, 2.75) is 33.4 Å². The summed E-state index contributed by atoms with van der Waals surface area (Å²) in [6.45, 7) is 5.52. The second-order valence-corrected chi connectivity index (χ2v) is 7.45. The minimum Gasteiger partial charge on any atom is -0.483 e. The summed E-state index contributed by atoms with van der Waals surface area (Å²) >= 11 is 12.2. The summed E-state index contributed by atoms with van der Waals surface area (Å²) in [5.41, 5.74) is 2.67. The van der Waals surface area contributed by atoms with Crippen molar-refractivity contribution in [1.82, 2.24) is 10.2 Å². The molecule has 28 heavy (non-hydrogen) atoms. The molecule has 0 aliphatic carbocycles. The highest BCUT2D eigenvalue weighted by molar-refractivity contribution is 6.35. The number of amides is 2. The monoisotopic (exact) mass is 422 g/mol. The number of nitrogens with zero attached hydrogens (tertiary/aromatic N) is 1. The Labute approximate surface area is 175 Å². The molecule has 1 atom stereocenters. The maximum atomic E-state index is 12.9. The number of halogens is 2. The van der Waals surface area contributed by atoms with Crippen molar-refractivity contribution < 1.29 is 14.3 Å². The Morgan fingerprint density at radius 2 is 1.86 bits per heavy atom. The van der Waals surface area contributed by atoms with Crippen molar-refractivity contribution in [1.29, 1.82) is 0 Å². The van der Waals surface area contributed by atoms with Gasteiger partial charge in [-0.15, -0.1) is 0 Å². The molecule has 1 N–H and O–H groups in total. The van der Waals surface area contributed by atoms with Gasteiger partial charge < -0.3 is 15.0 Å². The van der Waals surface area contributed by atoms with E-state index in [9.17, 15) is 9.59 Å². The zero-order valence-corrected chi connectivity index (χ0v) is 17.9. The van der Waals surface area contributed by atoms with Gasteiger partial charge in [-0.25, -0.2) is 0 Å². The molecule has 0 saturated carbocycles. The average molecular weight is 423 g/mol. The van der Waals surface area contributed by atoms with E-state index < -0.39 is 6.04 Å². The highest BCUT2D eigenvalue weighted by atomic mass is 35.5. The topological polar surface area (TPSA) is 58.6 Å². The summed E-state index contributed by atoms with van der Waals surface area (Å²) in [5, 5.41) is 3.51. The lowest BCUT2D eigenvalue weighted by Gasteiger charge is -2.28. The predicted molar refractivity (Wildman–Crippen MR) is 112 cm³/mol. The second-order valence-electron chi connectivity index (χ2n) is 6.61. The van der Waals surface area contributed by atoms with Crippen LogP contribution in [0.25, 0.3) is 0 Å². The van der Waals surface area contributed by atoms with Crippen LogP contribution in [-0.2, 0) is 16.1 Å². The molecule has 7 heteroatoms. The summed E-state index contributed by atoms with van der Waals surface area (Å²) in [7, 11) is 1.53. The minimum atomic E-state index is -0.688. The molecule has 2 aromatic rings. The number of hydrogen-bond acceptors (Lipinski definition) is 3. The Hall–Kier alpha value is -2.24. The molecule has 150 valence electrons. The third kappa shape index (κ3) is 5.63. The number of benzene rings is 2. The molecule has 2 amide bonds. The van der Waals surface area contributed by atoms with Crippen LogP contribution in [0.5, 0.6) is 5.75 Å². The maximum absolute atomic E-state index is 12.9. The molecule has 0 aromatic heterocycles. The molecular weight excluding hydrogens is 399 g/mol. The van der Waals surface area contributed by atoms with Gasteiger partial charge in [0.25, 0.3) is 5.91 Å². The second kappa shape index (κ2) is 9.80. The lowest BCUT2D eigenvalue weighted by molar-refractivity contribution is -0.142. The van der Waals surface area contributed by atoms with E-state index in [4.69, 9.17) is 27.9 Å². The lowest BCUT2D eigenvalue weighted by Crippen LogP contribution is -2.48. The number of hydrogen-bond donors (Lipinski definition) is 1. The summed E-state index contributed by atoms with van der Waals surface area (Å²) in [6.07, 6.45) is 0. The molecule has 0 aliphatic heterocycles. The standard InChI is InChI=1S/C21H24Cl2N2O3/c1-13-5-6-14(2)19(9-13)28-12-20(26)25(15(3)21(27)24-4)11-16-7-8-17(22)10-18(16)23/h5-10,15H,11-12H2,1-4H3,(H,24,27)/t15-/m0/s1. The van der Waals surface area contributed by atoms with E-state index in [1.165, 1.54) is 11.9 Å². The molecule has 0 aliphatic rings. The Morgan fingerprint density at radius 3 is 2.50 bits per heavy atom. The van der Waals surface area contributed by atoms with Gasteiger partial charge in [-0.05, 0) is 55.7 Å². The summed E-state index contributed by atoms with van der Waals surface area (Å²) in [5.74, 6) is 0.0543. The van der Waals surface area contributed by atoms with Gasteiger partial charge in [0.1, 0.15) is 11.8 Å². The molecule has 0 fully saturated rings. The smallest absolute Gasteiger partial charge is 0.261 e. The van der Waals surface area contributed by atoms with Crippen molar-refractivity contribution in [3.63, 3.8) is 0 Å². The zero-order valence-electron chi connectivity index (χ0n) is 16.4. The fraction of sp³-hybridized carbons (Fsp3) is 0.333. The number of nitrogens with one attached hydrogen (secondary N) is 1. The summed E-state index contributed by atoms with van der Waals surface area (Å²) in [6, 6.07) is 10.2. The first-order valence-electron chi connectivity index (χ1n) is 8.88. The first kappa shape index (κ1) is 22.1. The molecule has 0 saturated heterocycles. The summed E-state index contributed by atoms with van der Waals surface area (Å²) in [4.78, 5) is 26.5. The normalized spacial score (nSPS) is 11.6.